The van der Waals surface area contributed by atoms with E-state index in [2.05, 4.69) is 0 Å². The van der Waals surface area contributed by atoms with Gasteiger partial charge in [-0.1, -0.05) is 0 Å². The first kappa shape index (κ1) is 15.6. The number of nitrogens with zero attached hydrogens (tertiary/aromatic N) is 2. The van der Waals surface area contributed by atoms with Crippen molar-refractivity contribution in [1.29, 1.82) is 0 Å². The largest absolute Gasteiger partial charge is 0.481 e. The zero-order valence-electron chi connectivity index (χ0n) is 12.5. The van der Waals surface area contributed by atoms with Gasteiger partial charge in [0.25, 0.3) is 0 Å². The molecule has 1 saturated carbocycles. The number of likely N-dealkylation sites (tertiary alicyclic amines) is 1. The van der Waals surface area contributed by atoms with E-state index < -0.39 is 17.4 Å². The zero-order chi connectivity index (χ0) is 15.6. The number of rotatable bonds is 5. The number of carboxylic acids is 1. The molecule has 0 bridgehead atoms. The van der Waals surface area contributed by atoms with Crippen molar-refractivity contribution in [3.05, 3.63) is 0 Å². The lowest BCUT2D eigenvalue weighted by atomic mass is 9.90. The topological polar surface area (TPSA) is 87.2 Å². The van der Waals surface area contributed by atoms with Crippen molar-refractivity contribution in [2.75, 3.05) is 26.2 Å². The number of hydrogen-bond acceptors (Lipinski definition) is 4. The molecule has 7 heteroatoms. The molecular weight excluding hydrogens is 276 g/mol. The van der Waals surface area contributed by atoms with Gasteiger partial charge in [-0.15, -0.1) is 0 Å². The highest BCUT2D eigenvalue weighted by Crippen LogP contribution is 2.33. The number of carboxylic acid groups (broad SMARTS) is 1. The summed E-state index contributed by atoms with van der Waals surface area (Å²) in [6.45, 7) is 4.19. The van der Waals surface area contributed by atoms with Crippen molar-refractivity contribution in [3.63, 3.8) is 0 Å². The maximum atomic E-state index is 12.5. The molecule has 21 heavy (non-hydrogen) atoms. The van der Waals surface area contributed by atoms with Gasteiger partial charge >= 0.3 is 18.0 Å². The van der Waals surface area contributed by atoms with Gasteiger partial charge < -0.3 is 19.6 Å². The molecule has 1 aliphatic heterocycles. The summed E-state index contributed by atoms with van der Waals surface area (Å²) in [4.78, 5) is 38.4. The standard InChI is InChI=1S/C14H22N2O5/c1-3-21-11(17)8-16(10-4-5-10)13(20)15-7-6-14(2,9-15)12(18)19/h10H,3-9H2,1-2H3,(H,18,19). The van der Waals surface area contributed by atoms with E-state index in [1.54, 1.807) is 13.8 Å². The molecule has 1 N–H and O–H groups in total. The molecule has 0 aromatic rings. The lowest BCUT2D eigenvalue weighted by Crippen LogP contribution is -2.47. The van der Waals surface area contributed by atoms with Crippen LogP contribution in [0.25, 0.3) is 0 Å². The summed E-state index contributed by atoms with van der Waals surface area (Å²) in [5.41, 5.74) is -0.894. The molecule has 1 atom stereocenters. The summed E-state index contributed by atoms with van der Waals surface area (Å²) in [5, 5.41) is 9.22. The molecule has 1 aliphatic carbocycles. The van der Waals surface area contributed by atoms with Gasteiger partial charge in [-0.25, -0.2) is 4.79 Å². The van der Waals surface area contributed by atoms with Gasteiger partial charge in [0.15, 0.2) is 0 Å². The van der Waals surface area contributed by atoms with Crippen LogP contribution in [0, 0.1) is 5.41 Å². The van der Waals surface area contributed by atoms with Crippen LogP contribution < -0.4 is 0 Å². The van der Waals surface area contributed by atoms with Gasteiger partial charge in [-0.05, 0) is 33.1 Å². The molecule has 7 nitrogen and oxygen atoms in total. The van der Waals surface area contributed by atoms with Crippen LogP contribution in [0.1, 0.15) is 33.1 Å². The van der Waals surface area contributed by atoms with E-state index in [1.165, 1.54) is 9.80 Å². The Labute approximate surface area is 123 Å². The molecule has 1 saturated heterocycles. The highest BCUT2D eigenvalue weighted by molar-refractivity contribution is 5.83. The summed E-state index contributed by atoms with van der Waals surface area (Å²) < 4.78 is 4.90. The summed E-state index contributed by atoms with van der Waals surface area (Å²) in [7, 11) is 0. The molecule has 2 fully saturated rings. The summed E-state index contributed by atoms with van der Waals surface area (Å²) in [5.74, 6) is -1.31. The van der Waals surface area contributed by atoms with Gasteiger partial charge in [0.1, 0.15) is 6.54 Å². The normalized spacial score (nSPS) is 24.8. The second kappa shape index (κ2) is 5.91. The number of carbonyl (C=O) groups excluding carboxylic acids is 2. The number of ether oxygens (including phenoxy) is 1. The van der Waals surface area contributed by atoms with Gasteiger partial charge in [-0.2, -0.15) is 0 Å². The predicted molar refractivity (Wildman–Crippen MR) is 73.7 cm³/mol. The Morgan fingerprint density at radius 1 is 1.38 bits per heavy atom. The average Bonchev–Trinajstić information content (AvgIpc) is 3.18. The number of hydrogen-bond donors (Lipinski definition) is 1. The van der Waals surface area contributed by atoms with Crippen LogP contribution in [0.2, 0.25) is 0 Å². The molecule has 0 radical (unpaired) electrons. The monoisotopic (exact) mass is 298 g/mol. The van der Waals surface area contributed by atoms with Gasteiger partial charge in [0, 0.05) is 19.1 Å². The van der Waals surface area contributed by atoms with Crippen molar-refractivity contribution in [1.82, 2.24) is 9.80 Å². The van der Waals surface area contributed by atoms with Crippen LogP contribution in [0.15, 0.2) is 0 Å². The van der Waals surface area contributed by atoms with E-state index in [-0.39, 0.29) is 31.8 Å². The maximum Gasteiger partial charge on any atom is 0.325 e. The first-order chi connectivity index (χ1) is 9.87. The van der Waals surface area contributed by atoms with Gasteiger partial charge in [0.2, 0.25) is 0 Å². The van der Waals surface area contributed by atoms with Crippen LogP contribution >= 0.6 is 0 Å². The second-order valence-electron chi connectivity index (χ2n) is 5.98. The molecule has 0 aromatic carbocycles. The Bertz CT molecular complexity index is 449. The van der Waals surface area contributed by atoms with E-state index >= 15 is 0 Å². The minimum absolute atomic E-state index is 0.0579. The molecule has 2 amide bonds. The van der Waals surface area contributed by atoms with E-state index in [1.807, 2.05) is 0 Å². The third-order valence-corrected chi connectivity index (χ3v) is 4.10. The van der Waals surface area contributed by atoms with E-state index in [9.17, 15) is 19.5 Å². The SMILES string of the molecule is CCOC(=O)CN(C(=O)N1CCC(C)(C(=O)O)C1)C1CC1. The third kappa shape index (κ3) is 3.46. The molecule has 1 heterocycles. The lowest BCUT2D eigenvalue weighted by Gasteiger charge is -2.28. The van der Waals surface area contributed by atoms with E-state index in [0.717, 1.165) is 12.8 Å². The lowest BCUT2D eigenvalue weighted by molar-refractivity contribution is -0.147. The minimum Gasteiger partial charge on any atom is -0.481 e. The Morgan fingerprint density at radius 2 is 2.05 bits per heavy atom. The summed E-state index contributed by atoms with van der Waals surface area (Å²) in [6, 6.07) is -0.172. The Morgan fingerprint density at radius 3 is 2.52 bits per heavy atom. The highest BCUT2D eigenvalue weighted by atomic mass is 16.5. The molecule has 118 valence electrons. The minimum atomic E-state index is -0.894. The number of esters is 1. The van der Waals surface area contributed by atoms with E-state index in [4.69, 9.17) is 4.74 Å². The van der Waals surface area contributed by atoms with Crippen LogP contribution in [-0.4, -0.2) is 65.2 Å². The highest BCUT2D eigenvalue weighted by Gasteiger charge is 2.45. The number of amides is 2. The molecule has 0 spiro atoms. The second-order valence-corrected chi connectivity index (χ2v) is 5.98. The van der Waals surface area contributed by atoms with Crippen molar-refractivity contribution in [3.8, 4) is 0 Å². The van der Waals surface area contributed by atoms with Crippen LogP contribution in [0.4, 0.5) is 4.79 Å². The van der Waals surface area contributed by atoms with Gasteiger partial charge in [-0.3, -0.25) is 9.59 Å². The molecule has 1 unspecified atom stereocenters. The number of carbonyl (C=O) groups is 3. The average molecular weight is 298 g/mol. The van der Waals surface area contributed by atoms with Gasteiger partial charge in [0.05, 0.1) is 12.0 Å². The predicted octanol–water partition coefficient (Wildman–Crippen LogP) is 0.930. The third-order valence-electron chi connectivity index (χ3n) is 4.10. The Kier molecular flexibility index (Phi) is 4.39. The van der Waals surface area contributed by atoms with Crippen molar-refractivity contribution < 1.29 is 24.2 Å². The molecular formula is C14H22N2O5. The van der Waals surface area contributed by atoms with E-state index in [0.29, 0.717) is 13.0 Å². The number of aliphatic carboxylic acids is 1. The molecule has 2 aliphatic rings. The molecule has 2 rings (SSSR count). The smallest absolute Gasteiger partial charge is 0.325 e. The van der Waals surface area contributed by atoms with Crippen LogP contribution in [0.5, 0.6) is 0 Å². The first-order valence-corrected chi connectivity index (χ1v) is 7.32. The first-order valence-electron chi connectivity index (χ1n) is 7.32. The molecule has 0 aromatic heterocycles. The fourth-order valence-electron chi connectivity index (χ4n) is 2.57. The van der Waals surface area contributed by atoms with Crippen molar-refractivity contribution in [2.45, 2.75) is 39.2 Å². The summed E-state index contributed by atoms with van der Waals surface area (Å²) in [6.07, 6.45) is 2.20. The fourth-order valence-corrected chi connectivity index (χ4v) is 2.57. The Hall–Kier alpha value is -1.79. The Balaban J connectivity index is 1.99. The van der Waals surface area contributed by atoms with Crippen molar-refractivity contribution >= 4 is 18.0 Å². The zero-order valence-corrected chi connectivity index (χ0v) is 12.5. The fraction of sp³-hybridized carbons (Fsp3) is 0.786. The quantitative estimate of drug-likeness (QED) is 0.763. The maximum absolute atomic E-state index is 12.5. The number of urea groups is 1. The summed E-state index contributed by atoms with van der Waals surface area (Å²) >= 11 is 0. The van der Waals surface area contributed by atoms with Crippen LogP contribution in [0.3, 0.4) is 0 Å². The van der Waals surface area contributed by atoms with Crippen molar-refractivity contribution in [2.24, 2.45) is 5.41 Å². The van der Waals surface area contributed by atoms with Crippen LogP contribution in [-0.2, 0) is 14.3 Å².